The minimum Gasteiger partial charge on any atom is -0.398 e. The topological polar surface area (TPSA) is 72.2 Å². The van der Waals surface area contributed by atoms with Crippen LogP contribution in [0.15, 0.2) is 38.1 Å². The largest absolute Gasteiger partial charge is 0.398 e. The van der Waals surface area contributed by atoms with Gasteiger partial charge in [0.1, 0.15) is 4.90 Å². The van der Waals surface area contributed by atoms with Crippen LogP contribution < -0.4 is 10.5 Å². The molecule has 0 bridgehead atoms. The van der Waals surface area contributed by atoms with Gasteiger partial charge in [0.05, 0.1) is 5.69 Å². The highest BCUT2D eigenvalue weighted by Crippen LogP contribution is 2.31. The van der Waals surface area contributed by atoms with Crippen LogP contribution in [0.4, 0.5) is 5.69 Å². The lowest BCUT2D eigenvalue weighted by molar-refractivity contribution is 0.584. The summed E-state index contributed by atoms with van der Waals surface area (Å²) in [7, 11) is -3.64. The van der Waals surface area contributed by atoms with E-state index in [0.717, 1.165) is 5.57 Å². The van der Waals surface area contributed by atoms with Crippen molar-refractivity contribution >= 4 is 47.6 Å². The molecule has 0 fully saturated rings. The minimum atomic E-state index is -3.64. The van der Waals surface area contributed by atoms with Gasteiger partial charge in [-0.25, -0.2) is 13.1 Å². The molecule has 0 radical (unpaired) electrons. The number of rotatable bonds is 4. The second kappa shape index (κ2) is 5.51. The predicted octanol–water partition coefficient (Wildman–Crippen LogP) is 2.65. The van der Waals surface area contributed by atoms with Gasteiger partial charge in [-0.3, -0.25) is 0 Å². The minimum absolute atomic E-state index is 0.0435. The average molecular weight is 384 g/mol. The zero-order valence-electron chi connectivity index (χ0n) is 9.13. The van der Waals surface area contributed by atoms with Gasteiger partial charge in [0, 0.05) is 15.5 Å². The van der Waals surface area contributed by atoms with Gasteiger partial charge < -0.3 is 5.73 Å². The second-order valence-electron chi connectivity index (χ2n) is 3.59. The lowest BCUT2D eigenvalue weighted by Crippen LogP contribution is -2.26. The first kappa shape index (κ1) is 14.7. The Morgan fingerprint density at radius 3 is 2.53 bits per heavy atom. The van der Waals surface area contributed by atoms with Gasteiger partial charge in [0.2, 0.25) is 10.0 Å². The van der Waals surface area contributed by atoms with Crippen molar-refractivity contribution in [1.29, 1.82) is 0 Å². The van der Waals surface area contributed by atoms with Crippen LogP contribution in [0.2, 0.25) is 0 Å². The molecule has 0 heterocycles. The molecule has 7 heteroatoms. The van der Waals surface area contributed by atoms with E-state index in [0.29, 0.717) is 8.95 Å². The number of nitrogen functional groups attached to an aromatic ring is 1. The Bertz CT molecular complexity index is 532. The molecule has 0 unspecified atom stereocenters. The molecular formula is C10H12Br2N2O2S. The number of benzene rings is 1. The molecule has 1 aromatic rings. The van der Waals surface area contributed by atoms with E-state index in [1.165, 1.54) is 0 Å². The monoisotopic (exact) mass is 382 g/mol. The third-order valence-electron chi connectivity index (χ3n) is 1.87. The van der Waals surface area contributed by atoms with Crippen molar-refractivity contribution in [2.24, 2.45) is 0 Å². The van der Waals surface area contributed by atoms with E-state index in [1.807, 2.05) is 0 Å². The Morgan fingerprint density at radius 1 is 1.47 bits per heavy atom. The van der Waals surface area contributed by atoms with Crippen molar-refractivity contribution in [3.05, 3.63) is 33.2 Å². The molecule has 0 aliphatic rings. The van der Waals surface area contributed by atoms with E-state index in [2.05, 4.69) is 43.2 Å². The molecule has 4 nitrogen and oxygen atoms in total. The summed E-state index contributed by atoms with van der Waals surface area (Å²) in [5.74, 6) is 0. The summed E-state index contributed by atoms with van der Waals surface area (Å²) in [6.45, 7) is 5.56. The van der Waals surface area contributed by atoms with Gasteiger partial charge in [-0.15, -0.1) is 0 Å². The van der Waals surface area contributed by atoms with Crippen LogP contribution in [-0.2, 0) is 10.0 Å². The molecular weight excluding hydrogens is 372 g/mol. The first-order valence-corrected chi connectivity index (χ1v) is 7.69. The molecule has 0 aliphatic carbocycles. The lowest BCUT2D eigenvalue weighted by atomic mass is 10.3. The van der Waals surface area contributed by atoms with Crippen LogP contribution in [0.1, 0.15) is 6.92 Å². The average Bonchev–Trinajstić information content (AvgIpc) is 2.12. The van der Waals surface area contributed by atoms with Crippen LogP contribution >= 0.6 is 31.9 Å². The standard InChI is InChI=1S/C10H12Br2N2O2S/c1-6(2)5-14-17(15,16)10-8(12)3-7(11)4-9(10)13/h3-4,14H,1,5,13H2,2H3. The summed E-state index contributed by atoms with van der Waals surface area (Å²) in [6, 6.07) is 3.17. The zero-order valence-corrected chi connectivity index (χ0v) is 13.1. The normalized spacial score (nSPS) is 11.5. The number of nitrogens with two attached hydrogens (primary N) is 1. The van der Waals surface area contributed by atoms with Gasteiger partial charge in [-0.05, 0) is 35.0 Å². The van der Waals surface area contributed by atoms with Gasteiger partial charge in [-0.1, -0.05) is 28.1 Å². The highest BCUT2D eigenvalue weighted by molar-refractivity contribution is 9.11. The fourth-order valence-electron chi connectivity index (χ4n) is 1.15. The van der Waals surface area contributed by atoms with Crippen LogP contribution in [-0.4, -0.2) is 15.0 Å². The summed E-state index contributed by atoms with van der Waals surface area (Å²) >= 11 is 6.43. The van der Waals surface area contributed by atoms with Crippen LogP contribution in [0.5, 0.6) is 0 Å². The number of sulfonamides is 1. The van der Waals surface area contributed by atoms with Crippen molar-refractivity contribution in [1.82, 2.24) is 4.72 Å². The Kier molecular flexibility index (Phi) is 4.77. The molecule has 1 aromatic carbocycles. The van der Waals surface area contributed by atoms with Crippen LogP contribution in [0.25, 0.3) is 0 Å². The van der Waals surface area contributed by atoms with Crippen molar-refractivity contribution < 1.29 is 8.42 Å². The van der Waals surface area contributed by atoms with Crippen LogP contribution in [0.3, 0.4) is 0 Å². The number of hydrogen-bond donors (Lipinski definition) is 2. The fraction of sp³-hybridized carbons (Fsp3) is 0.200. The Hall–Kier alpha value is -0.370. The van der Waals surface area contributed by atoms with E-state index in [9.17, 15) is 8.42 Å². The van der Waals surface area contributed by atoms with Gasteiger partial charge >= 0.3 is 0 Å². The second-order valence-corrected chi connectivity index (χ2v) is 7.06. The molecule has 1 rings (SSSR count). The smallest absolute Gasteiger partial charge is 0.244 e. The van der Waals surface area contributed by atoms with E-state index < -0.39 is 10.0 Å². The summed E-state index contributed by atoms with van der Waals surface area (Å²) in [5, 5.41) is 0. The number of hydrogen-bond acceptors (Lipinski definition) is 3. The third-order valence-corrected chi connectivity index (χ3v) is 4.73. The fourth-order valence-corrected chi connectivity index (χ4v) is 4.32. The van der Waals surface area contributed by atoms with E-state index in [1.54, 1.807) is 19.1 Å². The highest BCUT2D eigenvalue weighted by Gasteiger charge is 2.21. The maximum atomic E-state index is 12.0. The van der Waals surface area contributed by atoms with Crippen molar-refractivity contribution in [2.45, 2.75) is 11.8 Å². The van der Waals surface area contributed by atoms with Crippen molar-refractivity contribution in [3.63, 3.8) is 0 Å². The first-order valence-electron chi connectivity index (χ1n) is 4.62. The number of halogens is 2. The number of nitrogens with one attached hydrogen (secondary N) is 1. The zero-order chi connectivity index (χ0) is 13.2. The first-order chi connectivity index (χ1) is 7.74. The maximum absolute atomic E-state index is 12.0. The SMILES string of the molecule is C=C(C)CNS(=O)(=O)c1c(N)cc(Br)cc1Br. The highest BCUT2D eigenvalue weighted by atomic mass is 79.9. The summed E-state index contributed by atoms with van der Waals surface area (Å²) in [5.41, 5.74) is 6.62. The molecule has 94 valence electrons. The molecule has 0 spiro atoms. The van der Waals surface area contributed by atoms with Gasteiger partial charge in [0.25, 0.3) is 0 Å². The van der Waals surface area contributed by atoms with Gasteiger partial charge in [0.15, 0.2) is 0 Å². The summed E-state index contributed by atoms with van der Waals surface area (Å²) in [4.78, 5) is 0.0435. The molecule has 0 saturated heterocycles. The molecule has 0 amide bonds. The summed E-state index contributed by atoms with van der Waals surface area (Å²) < 4.78 is 27.6. The molecule has 0 atom stereocenters. The van der Waals surface area contributed by atoms with E-state index in [-0.39, 0.29) is 17.1 Å². The number of anilines is 1. The third kappa shape index (κ3) is 3.80. The Balaban J connectivity index is 3.20. The lowest BCUT2D eigenvalue weighted by Gasteiger charge is -2.11. The quantitative estimate of drug-likeness (QED) is 0.620. The van der Waals surface area contributed by atoms with Crippen LogP contribution in [0, 0.1) is 0 Å². The molecule has 0 aliphatic heterocycles. The molecule has 0 saturated carbocycles. The van der Waals surface area contributed by atoms with Crippen molar-refractivity contribution in [3.8, 4) is 0 Å². The molecule has 17 heavy (non-hydrogen) atoms. The summed E-state index contributed by atoms with van der Waals surface area (Å²) in [6.07, 6.45) is 0. The van der Waals surface area contributed by atoms with Gasteiger partial charge in [-0.2, -0.15) is 0 Å². The molecule has 3 N–H and O–H groups in total. The molecule has 0 aromatic heterocycles. The Morgan fingerprint density at radius 2 is 2.06 bits per heavy atom. The Labute approximate surface area is 118 Å². The van der Waals surface area contributed by atoms with E-state index >= 15 is 0 Å². The van der Waals surface area contributed by atoms with E-state index in [4.69, 9.17) is 5.73 Å². The predicted molar refractivity (Wildman–Crippen MR) is 76.3 cm³/mol. The van der Waals surface area contributed by atoms with Crippen molar-refractivity contribution in [2.75, 3.05) is 12.3 Å². The maximum Gasteiger partial charge on any atom is 0.244 e.